The smallest absolute Gasteiger partial charge is 0.254 e. The second kappa shape index (κ2) is 5.35. The average molecular weight is 268 g/mol. The molecule has 0 spiro atoms. The summed E-state index contributed by atoms with van der Waals surface area (Å²) in [6.07, 6.45) is 7.06. The van der Waals surface area contributed by atoms with Crippen LogP contribution >= 0.6 is 0 Å². The van der Waals surface area contributed by atoms with Crippen molar-refractivity contribution < 1.29 is 4.79 Å². The molecule has 20 heavy (non-hydrogen) atoms. The average Bonchev–Trinajstić information content (AvgIpc) is 2.95. The van der Waals surface area contributed by atoms with E-state index in [0.717, 1.165) is 37.1 Å². The molecule has 1 fully saturated rings. The van der Waals surface area contributed by atoms with Crippen molar-refractivity contribution in [2.75, 3.05) is 32.7 Å². The van der Waals surface area contributed by atoms with Gasteiger partial charge in [0.05, 0.1) is 18.3 Å². The van der Waals surface area contributed by atoms with Gasteiger partial charge in [-0.1, -0.05) is 12.0 Å². The Balaban J connectivity index is 1.71. The Morgan fingerprint density at radius 1 is 1.35 bits per heavy atom. The summed E-state index contributed by atoms with van der Waals surface area (Å²) in [5.41, 5.74) is 1.59. The van der Waals surface area contributed by atoms with Crippen LogP contribution in [-0.2, 0) is 0 Å². The lowest BCUT2D eigenvalue weighted by Crippen LogP contribution is -2.48. The van der Waals surface area contributed by atoms with E-state index in [4.69, 9.17) is 6.42 Å². The molecule has 1 aromatic carbocycles. The Morgan fingerprint density at radius 2 is 2.15 bits per heavy atom. The van der Waals surface area contributed by atoms with Gasteiger partial charge in [0.1, 0.15) is 0 Å². The van der Waals surface area contributed by atoms with E-state index in [1.807, 2.05) is 23.1 Å². The fourth-order valence-corrected chi connectivity index (χ4v) is 2.49. The van der Waals surface area contributed by atoms with Gasteiger partial charge in [-0.3, -0.25) is 14.8 Å². The number of aromatic nitrogens is 2. The molecule has 0 unspecified atom stereocenters. The van der Waals surface area contributed by atoms with Crippen LogP contribution < -0.4 is 0 Å². The van der Waals surface area contributed by atoms with Crippen LogP contribution in [0, 0.1) is 12.3 Å². The minimum Gasteiger partial charge on any atom is -0.336 e. The van der Waals surface area contributed by atoms with E-state index in [1.54, 1.807) is 6.20 Å². The van der Waals surface area contributed by atoms with E-state index in [2.05, 4.69) is 21.0 Å². The molecule has 3 rings (SSSR count). The number of hydrogen-bond acceptors (Lipinski definition) is 3. The van der Waals surface area contributed by atoms with Gasteiger partial charge in [-0.05, 0) is 12.1 Å². The van der Waals surface area contributed by atoms with Crippen LogP contribution in [0.3, 0.4) is 0 Å². The molecule has 0 radical (unpaired) electrons. The molecule has 1 amide bonds. The zero-order chi connectivity index (χ0) is 13.9. The van der Waals surface area contributed by atoms with Crippen molar-refractivity contribution >= 4 is 16.8 Å². The Labute approximate surface area is 117 Å². The molecular weight excluding hydrogens is 252 g/mol. The number of benzene rings is 1. The number of carbonyl (C=O) groups is 1. The summed E-state index contributed by atoms with van der Waals surface area (Å²) in [6.45, 7) is 3.77. The Kier molecular flexibility index (Phi) is 3.40. The van der Waals surface area contributed by atoms with Crippen LogP contribution in [0.15, 0.2) is 24.4 Å². The number of fused-ring (bicyclic) bond motifs is 1. The first-order chi connectivity index (χ1) is 9.78. The van der Waals surface area contributed by atoms with Crippen molar-refractivity contribution in [1.29, 1.82) is 0 Å². The molecular formula is C15H16N4O. The van der Waals surface area contributed by atoms with Gasteiger partial charge in [0.25, 0.3) is 5.91 Å². The second-order valence-corrected chi connectivity index (χ2v) is 4.94. The minimum atomic E-state index is 0.0712. The highest BCUT2D eigenvalue weighted by Gasteiger charge is 2.21. The first kappa shape index (κ1) is 12.7. The zero-order valence-corrected chi connectivity index (χ0v) is 11.2. The van der Waals surface area contributed by atoms with Gasteiger partial charge >= 0.3 is 0 Å². The molecule has 5 heteroatoms. The summed E-state index contributed by atoms with van der Waals surface area (Å²) in [5.74, 6) is 2.71. The second-order valence-electron chi connectivity index (χ2n) is 4.94. The molecule has 1 N–H and O–H groups in total. The fourth-order valence-electron chi connectivity index (χ4n) is 2.49. The van der Waals surface area contributed by atoms with Crippen LogP contribution in [0.25, 0.3) is 10.9 Å². The number of amides is 1. The summed E-state index contributed by atoms with van der Waals surface area (Å²) in [4.78, 5) is 16.5. The summed E-state index contributed by atoms with van der Waals surface area (Å²) in [7, 11) is 0. The number of nitrogens with zero attached hydrogens (tertiary/aromatic N) is 3. The van der Waals surface area contributed by atoms with Crippen LogP contribution in [-0.4, -0.2) is 58.6 Å². The molecule has 2 heterocycles. The van der Waals surface area contributed by atoms with Gasteiger partial charge in [0.15, 0.2) is 0 Å². The summed E-state index contributed by atoms with van der Waals surface area (Å²) < 4.78 is 0. The Bertz CT molecular complexity index is 662. The number of hydrogen-bond donors (Lipinski definition) is 1. The predicted molar refractivity (Wildman–Crippen MR) is 77.3 cm³/mol. The van der Waals surface area contributed by atoms with Gasteiger partial charge in [0.2, 0.25) is 0 Å². The minimum absolute atomic E-state index is 0.0712. The fraction of sp³-hybridized carbons (Fsp3) is 0.333. The Hall–Kier alpha value is -2.32. The number of nitrogens with one attached hydrogen (secondary N) is 1. The molecule has 5 nitrogen and oxygen atoms in total. The number of H-pyrrole nitrogens is 1. The zero-order valence-electron chi connectivity index (χ0n) is 11.2. The van der Waals surface area contributed by atoms with Crippen LogP contribution in [0.1, 0.15) is 10.4 Å². The van der Waals surface area contributed by atoms with Crippen molar-refractivity contribution in [3.05, 3.63) is 30.0 Å². The highest BCUT2D eigenvalue weighted by Crippen LogP contribution is 2.15. The standard InChI is InChI=1S/C15H16N4O/c1-2-5-18-6-8-19(9-7-18)15(20)12-3-4-13-11-16-17-14(13)10-12/h1,3-4,10-11H,5-9H2,(H,16,17). The molecule has 0 aliphatic carbocycles. The molecule has 1 aromatic heterocycles. The van der Waals surface area contributed by atoms with E-state index in [9.17, 15) is 4.79 Å². The lowest BCUT2D eigenvalue weighted by molar-refractivity contribution is 0.0652. The molecule has 1 aliphatic rings. The van der Waals surface area contributed by atoms with Crippen LogP contribution in [0.2, 0.25) is 0 Å². The number of rotatable bonds is 2. The van der Waals surface area contributed by atoms with Gasteiger partial charge in [-0.25, -0.2) is 0 Å². The molecule has 0 atom stereocenters. The van der Waals surface area contributed by atoms with Crippen molar-refractivity contribution in [3.8, 4) is 12.3 Å². The summed E-state index contributed by atoms with van der Waals surface area (Å²) in [5, 5.41) is 7.87. The largest absolute Gasteiger partial charge is 0.336 e. The third-order valence-electron chi connectivity index (χ3n) is 3.66. The molecule has 2 aromatic rings. The van der Waals surface area contributed by atoms with Crippen molar-refractivity contribution in [2.45, 2.75) is 0 Å². The number of piperazine rings is 1. The first-order valence-corrected chi connectivity index (χ1v) is 6.66. The maximum Gasteiger partial charge on any atom is 0.254 e. The number of terminal acetylenes is 1. The van der Waals surface area contributed by atoms with Crippen molar-refractivity contribution in [1.82, 2.24) is 20.0 Å². The van der Waals surface area contributed by atoms with E-state index < -0.39 is 0 Å². The molecule has 1 aliphatic heterocycles. The Morgan fingerprint density at radius 3 is 2.90 bits per heavy atom. The molecule has 1 saturated heterocycles. The topological polar surface area (TPSA) is 52.2 Å². The quantitative estimate of drug-likeness (QED) is 0.825. The highest BCUT2D eigenvalue weighted by atomic mass is 16.2. The van der Waals surface area contributed by atoms with Crippen LogP contribution in [0.5, 0.6) is 0 Å². The summed E-state index contributed by atoms with van der Waals surface area (Å²) >= 11 is 0. The maximum absolute atomic E-state index is 12.5. The maximum atomic E-state index is 12.5. The van der Waals surface area contributed by atoms with E-state index >= 15 is 0 Å². The van der Waals surface area contributed by atoms with E-state index in [-0.39, 0.29) is 5.91 Å². The third-order valence-corrected chi connectivity index (χ3v) is 3.66. The number of aromatic amines is 1. The predicted octanol–water partition coefficient (Wildman–Crippen LogP) is 0.954. The van der Waals surface area contributed by atoms with Gasteiger partial charge in [0, 0.05) is 37.1 Å². The SMILES string of the molecule is C#CCN1CCN(C(=O)c2ccc3cn[nH]c3c2)CC1. The van der Waals surface area contributed by atoms with Gasteiger partial charge < -0.3 is 4.90 Å². The third kappa shape index (κ3) is 2.38. The van der Waals surface area contributed by atoms with Gasteiger partial charge in [-0.2, -0.15) is 5.10 Å². The lowest BCUT2D eigenvalue weighted by atomic mass is 10.1. The van der Waals surface area contributed by atoms with Crippen LogP contribution in [0.4, 0.5) is 0 Å². The molecule has 102 valence electrons. The monoisotopic (exact) mass is 268 g/mol. The molecule has 0 saturated carbocycles. The van der Waals surface area contributed by atoms with Crippen molar-refractivity contribution in [2.24, 2.45) is 0 Å². The lowest BCUT2D eigenvalue weighted by Gasteiger charge is -2.33. The highest BCUT2D eigenvalue weighted by molar-refractivity contribution is 5.97. The first-order valence-electron chi connectivity index (χ1n) is 6.66. The van der Waals surface area contributed by atoms with E-state index in [0.29, 0.717) is 12.1 Å². The van der Waals surface area contributed by atoms with Gasteiger partial charge in [-0.15, -0.1) is 6.42 Å². The van der Waals surface area contributed by atoms with Crippen molar-refractivity contribution in [3.63, 3.8) is 0 Å². The van der Waals surface area contributed by atoms with E-state index in [1.165, 1.54) is 0 Å². The number of carbonyl (C=O) groups excluding carboxylic acids is 1. The molecule has 0 bridgehead atoms. The summed E-state index contributed by atoms with van der Waals surface area (Å²) in [6, 6.07) is 5.63. The normalized spacial score (nSPS) is 16.2.